The number of nitrogens with zero attached hydrogens (tertiary/aromatic N) is 4. The van der Waals surface area contributed by atoms with Gasteiger partial charge in [0.15, 0.2) is 0 Å². The van der Waals surface area contributed by atoms with E-state index in [1.807, 2.05) is 25.1 Å². The van der Waals surface area contributed by atoms with Gasteiger partial charge in [0.05, 0.1) is 11.1 Å². The summed E-state index contributed by atoms with van der Waals surface area (Å²) in [5.74, 6) is 0.644. The smallest absolute Gasteiger partial charge is 0.321 e. The first kappa shape index (κ1) is 13.8. The van der Waals surface area contributed by atoms with Crippen molar-refractivity contribution in [1.29, 1.82) is 5.26 Å². The molecular formula is C18H16N4O. The number of rotatable bonds is 3. The first-order chi connectivity index (χ1) is 11.3. The molecule has 1 fully saturated rings. The lowest BCUT2D eigenvalue weighted by atomic mass is 9.92. The molecule has 0 amide bonds. The van der Waals surface area contributed by atoms with Crippen LogP contribution >= 0.6 is 0 Å². The van der Waals surface area contributed by atoms with Gasteiger partial charge in [-0.1, -0.05) is 0 Å². The van der Waals surface area contributed by atoms with E-state index in [9.17, 15) is 5.26 Å². The Bertz CT molecular complexity index is 904. The Hall–Kier alpha value is -2.87. The third-order valence-corrected chi connectivity index (χ3v) is 4.52. The minimum Gasteiger partial charge on any atom is -0.424 e. The molecule has 1 saturated carbocycles. The molecule has 5 heteroatoms. The number of hydrogen-bond donors (Lipinski definition) is 0. The molecule has 1 aromatic carbocycles. The lowest BCUT2D eigenvalue weighted by Crippen LogP contribution is -2.17. The van der Waals surface area contributed by atoms with Gasteiger partial charge in [-0.05, 0) is 50.5 Å². The van der Waals surface area contributed by atoms with Crippen LogP contribution in [0.4, 0.5) is 0 Å². The zero-order valence-electron chi connectivity index (χ0n) is 12.9. The van der Waals surface area contributed by atoms with Crippen LogP contribution in [0.1, 0.15) is 36.6 Å². The maximum atomic E-state index is 9.55. The van der Waals surface area contributed by atoms with Gasteiger partial charge in [-0.2, -0.15) is 5.26 Å². The molecule has 0 aliphatic heterocycles. The largest absolute Gasteiger partial charge is 0.424 e. The SMILES string of the molecule is Cc1c(C#N)c2cc(Oc3ncccn3)ccc2n1C1CCC1. The van der Waals surface area contributed by atoms with Crippen LogP contribution in [0.5, 0.6) is 11.8 Å². The van der Waals surface area contributed by atoms with Gasteiger partial charge in [0.25, 0.3) is 0 Å². The number of fused-ring (bicyclic) bond motifs is 1. The molecule has 1 aliphatic rings. The van der Waals surface area contributed by atoms with Crippen molar-refractivity contribution >= 4 is 10.9 Å². The molecule has 0 saturated heterocycles. The topological polar surface area (TPSA) is 63.7 Å². The first-order valence-corrected chi connectivity index (χ1v) is 7.77. The monoisotopic (exact) mass is 304 g/mol. The van der Waals surface area contributed by atoms with Crippen LogP contribution in [0.2, 0.25) is 0 Å². The zero-order chi connectivity index (χ0) is 15.8. The van der Waals surface area contributed by atoms with E-state index in [0.29, 0.717) is 17.8 Å². The summed E-state index contributed by atoms with van der Waals surface area (Å²) in [6.07, 6.45) is 6.91. The molecule has 0 N–H and O–H groups in total. The normalized spacial score (nSPS) is 14.4. The highest BCUT2D eigenvalue weighted by Crippen LogP contribution is 2.39. The molecule has 1 aliphatic carbocycles. The summed E-state index contributed by atoms with van der Waals surface area (Å²) in [4.78, 5) is 8.13. The molecule has 5 nitrogen and oxygen atoms in total. The van der Waals surface area contributed by atoms with Gasteiger partial charge in [0.1, 0.15) is 11.8 Å². The van der Waals surface area contributed by atoms with Gasteiger partial charge in [-0.3, -0.25) is 0 Å². The predicted molar refractivity (Wildman–Crippen MR) is 86.4 cm³/mol. The van der Waals surface area contributed by atoms with Crippen LogP contribution in [-0.2, 0) is 0 Å². The van der Waals surface area contributed by atoms with Gasteiger partial charge in [0.2, 0.25) is 0 Å². The van der Waals surface area contributed by atoms with E-state index in [4.69, 9.17) is 4.74 Å². The summed E-state index contributed by atoms with van der Waals surface area (Å²) < 4.78 is 8.00. The van der Waals surface area contributed by atoms with Crippen LogP contribution in [-0.4, -0.2) is 14.5 Å². The lowest BCUT2D eigenvalue weighted by Gasteiger charge is -2.29. The summed E-state index contributed by atoms with van der Waals surface area (Å²) in [5, 5.41) is 10.5. The van der Waals surface area contributed by atoms with Crippen molar-refractivity contribution in [3.63, 3.8) is 0 Å². The molecule has 0 spiro atoms. The molecule has 114 valence electrons. The third kappa shape index (κ3) is 2.23. The molecule has 0 bridgehead atoms. The van der Waals surface area contributed by atoms with Crippen LogP contribution < -0.4 is 4.74 Å². The zero-order valence-corrected chi connectivity index (χ0v) is 12.9. The minimum atomic E-state index is 0.306. The van der Waals surface area contributed by atoms with Crippen LogP contribution in [0, 0.1) is 18.3 Å². The summed E-state index contributed by atoms with van der Waals surface area (Å²) in [6.45, 7) is 2.03. The number of benzene rings is 1. The number of nitriles is 1. The number of ether oxygens (including phenoxy) is 1. The third-order valence-electron chi connectivity index (χ3n) is 4.52. The van der Waals surface area contributed by atoms with E-state index < -0.39 is 0 Å². The molecule has 4 rings (SSSR count). The van der Waals surface area contributed by atoms with Crippen molar-refractivity contribution in [3.8, 4) is 17.8 Å². The van der Waals surface area contributed by atoms with Gasteiger partial charge in [-0.15, -0.1) is 0 Å². The fraction of sp³-hybridized carbons (Fsp3) is 0.278. The molecule has 3 aromatic rings. The van der Waals surface area contributed by atoms with E-state index in [1.165, 1.54) is 19.3 Å². The Labute approximate surface area is 134 Å². The maximum Gasteiger partial charge on any atom is 0.321 e. The number of hydrogen-bond acceptors (Lipinski definition) is 4. The van der Waals surface area contributed by atoms with Gasteiger partial charge >= 0.3 is 6.01 Å². The average Bonchev–Trinajstić information content (AvgIpc) is 2.79. The van der Waals surface area contributed by atoms with E-state index in [2.05, 4.69) is 20.6 Å². The minimum absolute atomic E-state index is 0.306. The molecule has 2 heterocycles. The summed E-state index contributed by atoms with van der Waals surface area (Å²) in [5.41, 5.74) is 2.87. The van der Waals surface area contributed by atoms with Crippen molar-refractivity contribution in [2.75, 3.05) is 0 Å². The quantitative estimate of drug-likeness (QED) is 0.730. The Kier molecular flexibility index (Phi) is 3.23. The Morgan fingerprint density at radius 2 is 2.04 bits per heavy atom. The summed E-state index contributed by atoms with van der Waals surface area (Å²) in [7, 11) is 0. The van der Waals surface area contributed by atoms with Crippen molar-refractivity contribution < 1.29 is 4.74 Å². The van der Waals surface area contributed by atoms with Crippen molar-refractivity contribution in [3.05, 3.63) is 47.9 Å². The van der Waals surface area contributed by atoms with E-state index in [-0.39, 0.29) is 0 Å². The Balaban J connectivity index is 1.81. The van der Waals surface area contributed by atoms with Crippen molar-refractivity contribution in [2.45, 2.75) is 32.2 Å². The summed E-state index contributed by atoms with van der Waals surface area (Å²) >= 11 is 0. The molecule has 0 atom stereocenters. The highest BCUT2D eigenvalue weighted by atomic mass is 16.5. The van der Waals surface area contributed by atoms with E-state index in [1.54, 1.807) is 18.5 Å². The summed E-state index contributed by atoms with van der Waals surface area (Å²) in [6, 6.07) is 10.8. The maximum absolute atomic E-state index is 9.55. The standard InChI is InChI=1S/C18H16N4O/c1-12-16(11-19)15-10-14(23-18-20-8-3-9-21-18)6-7-17(15)22(12)13-4-2-5-13/h3,6-10,13H,2,4-5H2,1H3. The second-order valence-corrected chi connectivity index (χ2v) is 5.84. The first-order valence-electron chi connectivity index (χ1n) is 7.77. The molecular weight excluding hydrogens is 288 g/mol. The fourth-order valence-electron chi connectivity index (χ4n) is 3.19. The molecule has 0 radical (unpaired) electrons. The fourth-order valence-corrected chi connectivity index (χ4v) is 3.19. The van der Waals surface area contributed by atoms with Gasteiger partial charge in [-0.25, -0.2) is 9.97 Å². The van der Waals surface area contributed by atoms with Crippen LogP contribution in [0.15, 0.2) is 36.7 Å². The van der Waals surface area contributed by atoms with Crippen molar-refractivity contribution in [1.82, 2.24) is 14.5 Å². The highest BCUT2D eigenvalue weighted by molar-refractivity contribution is 5.89. The number of aromatic nitrogens is 3. The van der Waals surface area contributed by atoms with Gasteiger partial charge < -0.3 is 9.30 Å². The Morgan fingerprint density at radius 3 is 2.70 bits per heavy atom. The van der Waals surface area contributed by atoms with Crippen LogP contribution in [0.3, 0.4) is 0 Å². The predicted octanol–water partition coefficient (Wildman–Crippen LogP) is 4.13. The Morgan fingerprint density at radius 1 is 1.26 bits per heavy atom. The average molecular weight is 304 g/mol. The second kappa shape index (κ2) is 5.40. The molecule has 2 aromatic heterocycles. The van der Waals surface area contributed by atoms with Gasteiger partial charge in [0, 0.05) is 29.5 Å². The van der Waals surface area contributed by atoms with E-state index in [0.717, 1.165) is 22.2 Å². The van der Waals surface area contributed by atoms with E-state index >= 15 is 0 Å². The highest BCUT2D eigenvalue weighted by Gasteiger charge is 2.25. The van der Waals surface area contributed by atoms with Crippen molar-refractivity contribution in [2.24, 2.45) is 0 Å². The second-order valence-electron chi connectivity index (χ2n) is 5.84. The molecule has 23 heavy (non-hydrogen) atoms. The van der Waals surface area contributed by atoms with Crippen LogP contribution in [0.25, 0.3) is 10.9 Å². The molecule has 0 unspecified atom stereocenters. The lowest BCUT2D eigenvalue weighted by molar-refractivity contribution is 0.317.